The van der Waals surface area contributed by atoms with Gasteiger partial charge in [0.2, 0.25) is 0 Å². The molecule has 0 fully saturated rings. The van der Waals surface area contributed by atoms with Gasteiger partial charge in [0.15, 0.2) is 11.5 Å². The maximum atomic E-state index is 12.8. The Morgan fingerprint density at radius 3 is 2.85 bits per heavy atom. The number of anilines is 1. The van der Waals surface area contributed by atoms with Crippen molar-refractivity contribution >= 4 is 29.5 Å². The van der Waals surface area contributed by atoms with Crippen LogP contribution < -0.4 is 26.0 Å². The lowest BCUT2D eigenvalue weighted by Crippen LogP contribution is -2.38. The number of aromatic nitrogens is 2. The van der Waals surface area contributed by atoms with Crippen molar-refractivity contribution in [1.82, 2.24) is 20.8 Å². The molecular weight excluding hydrogens is 510 g/mol. The summed E-state index contributed by atoms with van der Waals surface area (Å²) in [5.74, 6) is -0.234. The minimum Gasteiger partial charge on any atom is -0.490 e. The summed E-state index contributed by atoms with van der Waals surface area (Å²) < 4.78 is 5.73. The molecule has 2 heterocycles. The molecule has 0 saturated carbocycles. The fraction of sp³-hybridized carbons (Fsp3) is 0.276. The van der Waals surface area contributed by atoms with E-state index in [1.807, 2.05) is 41.3 Å². The predicted octanol–water partition coefficient (Wildman–Crippen LogP) is 2.04. The summed E-state index contributed by atoms with van der Waals surface area (Å²) in [5, 5.41) is 19.9. The van der Waals surface area contributed by atoms with Gasteiger partial charge in [0.1, 0.15) is 18.1 Å². The van der Waals surface area contributed by atoms with Crippen molar-refractivity contribution in [3.63, 3.8) is 0 Å². The first kappa shape index (κ1) is 26.8. The summed E-state index contributed by atoms with van der Waals surface area (Å²) in [6.45, 7) is 5.21. The molecule has 0 saturated heterocycles. The van der Waals surface area contributed by atoms with Gasteiger partial charge >= 0.3 is 0 Å². The van der Waals surface area contributed by atoms with Gasteiger partial charge < -0.3 is 31.4 Å². The largest absolute Gasteiger partial charge is 0.490 e. The van der Waals surface area contributed by atoms with Crippen LogP contribution in [0.4, 0.5) is 5.69 Å². The smallest absolute Gasteiger partial charge is 0.272 e. The fourth-order valence-electron chi connectivity index (χ4n) is 4.93. The van der Waals surface area contributed by atoms with E-state index in [4.69, 9.17) is 15.9 Å². The van der Waals surface area contributed by atoms with Gasteiger partial charge in [-0.05, 0) is 53.3 Å². The van der Waals surface area contributed by atoms with E-state index in [9.17, 15) is 14.4 Å². The standard InChI is InChI=1S/C29H31N7O4/c1-17(13-30)26(37)16-36-8-9-40-27-7-3-19(11-25(27)36)15-32-28(38)23-12-24(35-34-23)29(39)33-22-6-4-20-10-18(14-31)2-5-21(20)22/h2-3,5,7,10-12,14,22,31H,1,4,6,8-9,13,15-16,30H2,(H,32,38)(H,33,39)(H,34,35). The van der Waals surface area contributed by atoms with Gasteiger partial charge in [0, 0.05) is 30.9 Å². The van der Waals surface area contributed by atoms with Gasteiger partial charge in [-0.2, -0.15) is 5.10 Å². The van der Waals surface area contributed by atoms with Gasteiger partial charge in [-0.1, -0.05) is 24.8 Å². The zero-order valence-corrected chi connectivity index (χ0v) is 22.0. The average molecular weight is 542 g/mol. The van der Waals surface area contributed by atoms with Crippen LogP contribution >= 0.6 is 0 Å². The number of nitrogens with two attached hydrogens (primary N) is 1. The first-order valence-electron chi connectivity index (χ1n) is 13.1. The molecule has 1 aliphatic heterocycles. The summed E-state index contributed by atoms with van der Waals surface area (Å²) in [7, 11) is 0. The van der Waals surface area contributed by atoms with E-state index in [2.05, 4.69) is 27.4 Å². The van der Waals surface area contributed by atoms with Crippen LogP contribution in [0.2, 0.25) is 0 Å². The molecule has 11 nitrogen and oxygen atoms in total. The van der Waals surface area contributed by atoms with Gasteiger partial charge in [0.05, 0.1) is 24.8 Å². The molecule has 2 aliphatic rings. The number of nitrogens with one attached hydrogen (secondary N) is 4. The maximum Gasteiger partial charge on any atom is 0.272 e. The number of carbonyl (C=O) groups is 3. The number of fused-ring (bicyclic) bond motifs is 2. The first-order valence-corrected chi connectivity index (χ1v) is 13.1. The number of carbonyl (C=O) groups excluding carboxylic acids is 3. The van der Waals surface area contributed by atoms with Crippen LogP contribution in [0, 0.1) is 5.41 Å². The Morgan fingerprint density at radius 2 is 2.05 bits per heavy atom. The van der Waals surface area contributed by atoms with Crippen molar-refractivity contribution in [3.05, 3.63) is 88.3 Å². The van der Waals surface area contributed by atoms with E-state index in [1.54, 1.807) is 0 Å². The molecule has 6 N–H and O–H groups in total. The van der Waals surface area contributed by atoms with Gasteiger partial charge in [-0.15, -0.1) is 0 Å². The van der Waals surface area contributed by atoms with E-state index in [0.29, 0.717) is 24.5 Å². The third kappa shape index (κ3) is 5.64. The lowest BCUT2D eigenvalue weighted by Gasteiger charge is -2.31. The van der Waals surface area contributed by atoms with Crippen molar-refractivity contribution < 1.29 is 19.1 Å². The van der Waals surface area contributed by atoms with Crippen LogP contribution in [-0.4, -0.2) is 60.3 Å². The molecule has 0 bridgehead atoms. The third-order valence-corrected chi connectivity index (χ3v) is 7.18. The fourth-order valence-corrected chi connectivity index (χ4v) is 4.93. The van der Waals surface area contributed by atoms with E-state index < -0.39 is 5.91 Å². The highest BCUT2D eigenvalue weighted by molar-refractivity contribution is 5.99. The van der Waals surface area contributed by atoms with E-state index >= 15 is 0 Å². The summed E-state index contributed by atoms with van der Waals surface area (Å²) in [6, 6.07) is 12.6. The average Bonchev–Trinajstić information content (AvgIpc) is 3.63. The van der Waals surface area contributed by atoms with Crippen LogP contribution in [0.3, 0.4) is 0 Å². The van der Waals surface area contributed by atoms with Crippen LogP contribution in [0.25, 0.3) is 0 Å². The van der Waals surface area contributed by atoms with Crippen molar-refractivity contribution in [2.24, 2.45) is 5.73 Å². The Bertz CT molecular complexity index is 1500. The molecule has 1 aliphatic carbocycles. The number of aromatic amines is 1. The molecule has 1 unspecified atom stereocenters. The Morgan fingerprint density at radius 1 is 1.20 bits per heavy atom. The quantitative estimate of drug-likeness (QED) is 0.193. The number of ketones is 1. The Kier molecular flexibility index (Phi) is 7.74. The molecule has 0 spiro atoms. The van der Waals surface area contributed by atoms with Crippen LogP contribution in [-0.2, 0) is 17.8 Å². The summed E-state index contributed by atoms with van der Waals surface area (Å²) in [6.07, 6.45) is 2.89. The highest BCUT2D eigenvalue weighted by Gasteiger charge is 2.26. The van der Waals surface area contributed by atoms with Gasteiger partial charge in [-0.3, -0.25) is 19.5 Å². The van der Waals surface area contributed by atoms with E-state index in [-0.39, 0.29) is 48.8 Å². The number of rotatable bonds is 10. The monoisotopic (exact) mass is 541 g/mol. The van der Waals surface area contributed by atoms with Gasteiger partial charge in [0.25, 0.3) is 11.8 Å². The first-order chi connectivity index (χ1) is 19.4. The third-order valence-electron chi connectivity index (χ3n) is 7.18. The second-order valence-corrected chi connectivity index (χ2v) is 9.82. The van der Waals surface area contributed by atoms with Crippen molar-refractivity contribution in [1.29, 1.82) is 5.41 Å². The molecule has 1 atom stereocenters. The lowest BCUT2D eigenvalue weighted by molar-refractivity contribution is -0.114. The summed E-state index contributed by atoms with van der Waals surface area (Å²) in [4.78, 5) is 39.9. The number of benzene rings is 2. The highest BCUT2D eigenvalue weighted by Crippen LogP contribution is 2.33. The number of amides is 2. The lowest BCUT2D eigenvalue weighted by atomic mass is 10.1. The number of hydrogen-bond donors (Lipinski definition) is 5. The number of Topliss-reactive ketones (excluding diaryl/α,β-unsaturated/α-hetero) is 1. The molecule has 11 heteroatoms. The molecule has 0 radical (unpaired) electrons. The van der Waals surface area contributed by atoms with Crippen LogP contribution in [0.15, 0.2) is 54.6 Å². The highest BCUT2D eigenvalue weighted by atomic mass is 16.5. The number of hydrogen-bond acceptors (Lipinski definition) is 8. The van der Waals surface area contributed by atoms with Crippen LogP contribution in [0.5, 0.6) is 5.75 Å². The molecule has 5 rings (SSSR count). The topological polar surface area (TPSA) is 166 Å². The summed E-state index contributed by atoms with van der Waals surface area (Å²) in [5.41, 5.74) is 10.8. The molecular formula is C29H31N7O4. The van der Waals surface area contributed by atoms with Gasteiger partial charge in [-0.25, -0.2) is 0 Å². The van der Waals surface area contributed by atoms with Crippen molar-refractivity contribution in [2.45, 2.75) is 25.4 Å². The van der Waals surface area contributed by atoms with E-state index in [0.717, 1.165) is 40.8 Å². The minimum absolute atomic E-state index is 0.112. The zero-order valence-electron chi connectivity index (χ0n) is 22.0. The minimum atomic E-state index is -0.405. The molecule has 206 valence electrons. The SMILES string of the molecule is C=C(CN)C(=O)CN1CCOc2ccc(CNC(=O)c3cc(C(=O)NC4CCc5cc(C=N)ccc54)n[nH]3)cc21. The maximum absolute atomic E-state index is 12.8. The van der Waals surface area contributed by atoms with Crippen LogP contribution in [0.1, 0.15) is 55.7 Å². The van der Waals surface area contributed by atoms with Crippen molar-refractivity contribution in [2.75, 3.05) is 31.1 Å². The molecule has 40 heavy (non-hydrogen) atoms. The molecule has 1 aromatic heterocycles. The predicted molar refractivity (Wildman–Crippen MR) is 150 cm³/mol. The molecule has 2 aromatic carbocycles. The second-order valence-electron chi connectivity index (χ2n) is 9.82. The number of nitrogens with zero attached hydrogens (tertiary/aromatic N) is 2. The second kappa shape index (κ2) is 11.5. The molecule has 2 amide bonds. The Labute approximate surface area is 231 Å². The Hall–Kier alpha value is -4.77. The van der Waals surface area contributed by atoms with Crippen molar-refractivity contribution in [3.8, 4) is 5.75 Å². The normalized spacial score (nSPS) is 15.4. The molecule has 3 aromatic rings. The number of H-pyrrole nitrogens is 1. The number of ether oxygens (including phenoxy) is 1. The summed E-state index contributed by atoms with van der Waals surface area (Å²) >= 11 is 0. The van der Waals surface area contributed by atoms with E-state index in [1.165, 1.54) is 12.3 Å². The zero-order chi connectivity index (χ0) is 28.2. The Balaban J connectivity index is 1.19. The number of aryl methyl sites for hydroxylation is 1.